The molecule has 0 aliphatic rings. The lowest BCUT2D eigenvalue weighted by atomic mass is 9.91. The summed E-state index contributed by atoms with van der Waals surface area (Å²) in [5.41, 5.74) is 2.03. The Morgan fingerprint density at radius 1 is 0.920 bits per heavy atom. The summed E-state index contributed by atoms with van der Waals surface area (Å²) in [6.07, 6.45) is 0. The van der Waals surface area contributed by atoms with E-state index in [1.807, 2.05) is 60.7 Å². The van der Waals surface area contributed by atoms with Crippen LogP contribution in [0.25, 0.3) is 0 Å². The van der Waals surface area contributed by atoms with Crippen LogP contribution in [0.15, 0.2) is 83.3 Å². The normalized spacial score (nSPS) is 10.7. The third kappa shape index (κ3) is 4.34. The number of carbonyl (C=O) groups excluding carboxylic acids is 1. The lowest BCUT2D eigenvalue weighted by Crippen LogP contribution is -2.17. The highest BCUT2D eigenvalue weighted by Crippen LogP contribution is 2.26. The molecule has 0 heterocycles. The van der Waals surface area contributed by atoms with E-state index in [4.69, 9.17) is 4.74 Å². The van der Waals surface area contributed by atoms with Gasteiger partial charge in [0.2, 0.25) is 0 Å². The fraction of sp³-hybridized carbons (Fsp3) is 0.0952. The van der Waals surface area contributed by atoms with Crippen LogP contribution in [-0.4, -0.2) is 5.97 Å². The Kier molecular flexibility index (Phi) is 5.61. The summed E-state index contributed by atoms with van der Waals surface area (Å²) in [5, 5.41) is 0. The van der Waals surface area contributed by atoms with Gasteiger partial charge in [0.1, 0.15) is 18.3 Å². The van der Waals surface area contributed by atoms with Crippen LogP contribution in [0.5, 0.6) is 0 Å². The number of esters is 1. The average Bonchev–Trinajstić information content (AvgIpc) is 2.63. The molecule has 0 aliphatic carbocycles. The minimum absolute atomic E-state index is 0.103. The molecular formula is C21H16BrFO2. The van der Waals surface area contributed by atoms with E-state index in [1.165, 1.54) is 6.07 Å². The molecule has 0 radical (unpaired) electrons. The summed E-state index contributed by atoms with van der Waals surface area (Å²) in [6.45, 7) is -0.103. The number of benzene rings is 3. The molecule has 126 valence electrons. The fourth-order valence-electron chi connectivity index (χ4n) is 2.63. The van der Waals surface area contributed by atoms with E-state index in [2.05, 4.69) is 15.9 Å². The smallest absolute Gasteiger partial charge is 0.318 e. The van der Waals surface area contributed by atoms with E-state index >= 15 is 0 Å². The predicted octanol–water partition coefficient (Wildman–Crippen LogP) is 5.46. The van der Waals surface area contributed by atoms with E-state index < -0.39 is 17.7 Å². The average molecular weight is 399 g/mol. The van der Waals surface area contributed by atoms with Gasteiger partial charge in [-0.2, -0.15) is 0 Å². The van der Waals surface area contributed by atoms with Crippen LogP contribution in [0.3, 0.4) is 0 Å². The van der Waals surface area contributed by atoms with Gasteiger partial charge >= 0.3 is 5.97 Å². The van der Waals surface area contributed by atoms with Gasteiger partial charge in [0.25, 0.3) is 0 Å². The van der Waals surface area contributed by atoms with Gasteiger partial charge in [-0.05, 0) is 23.3 Å². The maximum absolute atomic E-state index is 13.9. The van der Waals surface area contributed by atoms with Gasteiger partial charge in [-0.15, -0.1) is 0 Å². The second-order valence-electron chi connectivity index (χ2n) is 5.60. The zero-order valence-electron chi connectivity index (χ0n) is 13.4. The molecule has 0 aromatic heterocycles. The van der Waals surface area contributed by atoms with Gasteiger partial charge in [0.05, 0.1) is 0 Å². The van der Waals surface area contributed by atoms with Crippen molar-refractivity contribution in [3.63, 3.8) is 0 Å². The lowest BCUT2D eigenvalue weighted by Gasteiger charge is -2.17. The highest BCUT2D eigenvalue weighted by atomic mass is 79.9. The lowest BCUT2D eigenvalue weighted by molar-refractivity contribution is -0.145. The summed E-state index contributed by atoms with van der Waals surface area (Å²) in [6, 6.07) is 23.6. The molecule has 0 N–H and O–H groups in total. The zero-order chi connectivity index (χ0) is 17.6. The van der Waals surface area contributed by atoms with Crippen LogP contribution in [-0.2, 0) is 16.1 Å². The van der Waals surface area contributed by atoms with Gasteiger partial charge in [-0.3, -0.25) is 4.79 Å². The first-order chi connectivity index (χ1) is 12.1. The summed E-state index contributed by atoms with van der Waals surface area (Å²) >= 11 is 3.21. The van der Waals surface area contributed by atoms with E-state index in [0.29, 0.717) is 10.0 Å². The SMILES string of the molecule is O=C(OCc1ccc(Br)cc1F)C(c1ccccc1)c1ccccc1. The third-order valence-electron chi connectivity index (χ3n) is 3.89. The van der Waals surface area contributed by atoms with Crippen molar-refractivity contribution >= 4 is 21.9 Å². The topological polar surface area (TPSA) is 26.3 Å². The van der Waals surface area contributed by atoms with Gasteiger partial charge in [-0.25, -0.2) is 4.39 Å². The van der Waals surface area contributed by atoms with E-state index in [9.17, 15) is 9.18 Å². The van der Waals surface area contributed by atoms with Crippen molar-refractivity contribution in [3.8, 4) is 0 Å². The van der Waals surface area contributed by atoms with E-state index in [0.717, 1.165) is 11.1 Å². The molecule has 0 saturated carbocycles. The number of carbonyl (C=O) groups is 1. The van der Waals surface area contributed by atoms with Crippen molar-refractivity contribution in [1.82, 2.24) is 0 Å². The maximum Gasteiger partial charge on any atom is 0.318 e. The minimum Gasteiger partial charge on any atom is -0.460 e. The fourth-order valence-corrected chi connectivity index (χ4v) is 2.96. The number of ether oxygens (including phenoxy) is 1. The van der Waals surface area contributed by atoms with Crippen molar-refractivity contribution in [3.05, 3.63) is 106 Å². The second-order valence-corrected chi connectivity index (χ2v) is 6.51. The van der Waals surface area contributed by atoms with Crippen LogP contribution in [0.1, 0.15) is 22.6 Å². The van der Waals surface area contributed by atoms with Crippen LogP contribution in [0.2, 0.25) is 0 Å². The first-order valence-corrected chi connectivity index (χ1v) is 8.65. The van der Waals surface area contributed by atoms with E-state index in [-0.39, 0.29) is 6.61 Å². The van der Waals surface area contributed by atoms with Crippen LogP contribution < -0.4 is 0 Å². The molecule has 25 heavy (non-hydrogen) atoms. The van der Waals surface area contributed by atoms with Gasteiger partial charge in [-0.1, -0.05) is 82.7 Å². The maximum atomic E-state index is 13.9. The molecule has 0 amide bonds. The minimum atomic E-state index is -0.541. The standard InChI is InChI=1S/C21H16BrFO2/c22-18-12-11-17(19(23)13-18)14-25-21(24)20(15-7-3-1-4-8-15)16-9-5-2-6-10-16/h1-13,20H,14H2. The highest BCUT2D eigenvalue weighted by Gasteiger charge is 2.24. The van der Waals surface area contributed by atoms with E-state index in [1.54, 1.807) is 12.1 Å². The molecule has 4 heteroatoms. The molecule has 0 fully saturated rings. The largest absolute Gasteiger partial charge is 0.460 e. The van der Waals surface area contributed by atoms with Gasteiger partial charge in [0.15, 0.2) is 0 Å². The van der Waals surface area contributed by atoms with Crippen LogP contribution in [0.4, 0.5) is 4.39 Å². The molecule has 0 bridgehead atoms. The summed E-state index contributed by atoms with van der Waals surface area (Å²) in [7, 11) is 0. The zero-order valence-corrected chi connectivity index (χ0v) is 14.9. The summed E-state index contributed by atoms with van der Waals surface area (Å²) in [4.78, 5) is 12.7. The Morgan fingerprint density at radius 3 is 2.00 bits per heavy atom. The molecule has 3 rings (SSSR count). The monoisotopic (exact) mass is 398 g/mol. The van der Waals surface area contributed by atoms with Gasteiger partial charge < -0.3 is 4.74 Å². The molecule has 0 unspecified atom stereocenters. The molecule has 0 saturated heterocycles. The van der Waals surface area contributed by atoms with Crippen LogP contribution >= 0.6 is 15.9 Å². The second kappa shape index (κ2) is 8.08. The summed E-state index contributed by atoms with van der Waals surface area (Å²) in [5.74, 6) is -1.35. The number of rotatable bonds is 5. The Hall–Kier alpha value is -2.46. The quantitative estimate of drug-likeness (QED) is 0.533. The van der Waals surface area contributed by atoms with Crippen molar-refractivity contribution in [1.29, 1.82) is 0 Å². The van der Waals surface area contributed by atoms with Crippen molar-refractivity contribution in [2.24, 2.45) is 0 Å². The van der Waals surface area contributed by atoms with Gasteiger partial charge in [0, 0.05) is 10.0 Å². The molecule has 0 spiro atoms. The molecule has 3 aromatic rings. The molecule has 0 aliphatic heterocycles. The summed E-state index contributed by atoms with van der Waals surface area (Å²) < 4.78 is 20.0. The Labute approximate surface area is 154 Å². The van der Waals surface area contributed by atoms with Crippen LogP contribution in [0, 0.1) is 5.82 Å². The van der Waals surface area contributed by atoms with Crippen molar-refractivity contribution < 1.29 is 13.9 Å². The predicted molar refractivity (Wildman–Crippen MR) is 98.6 cm³/mol. The Balaban J connectivity index is 1.82. The number of hydrogen-bond acceptors (Lipinski definition) is 2. The van der Waals surface area contributed by atoms with Crippen molar-refractivity contribution in [2.45, 2.75) is 12.5 Å². The molecule has 0 atom stereocenters. The third-order valence-corrected chi connectivity index (χ3v) is 4.38. The number of hydrogen-bond donors (Lipinski definition) is 0. The molecule has 3 aromatic carbocycles. The Bertz CT molecular complexity index is 811. The Morgan fingerprint density at radius 2 is 1.48 bits per heavy atom. The molecule has 2 nitrogen and oxygen atoms in total. The highest BCUT2D eigenvalue weighted by molar-refractivity contribution is 9.10. The number of halogens is 2. The van der Waals surface area contributed by atoms with Crippen molar-refractivity contribution in [2.75, 3.05) is 0 Å². The first kappa shape index (κ1) is 17.4. The first-order valence-electron chi connectivity index (χ1n) is 7.85. The molecular weight excluding hydrogens is 383 g/mol.